The molecule has 2 rings (SSSR count). The second-order valence-electron chi connectivity index (χ2n) is 4.79. The molecule has 2 aromatic rings. The summed E-state index contributed by atoms with van der Waals surface area (Å²) in [6.07, 6.45) is 0. The van der Waals surface area contributed by atoms with Crippen molar-refractivity contribution in [1.29, 1.82) is 0 Å². The molecule has 0 aliphatic carbocycles. The SMILES string of the molecule is Cc1cc(Cl)ccc1NC(=O)C(=O)Nc1cc([N+](=O)[O-])ccc1Cl. The highest BCUT2D eigenvalue weighted by Crippen LogP contribution is 2.26. The molecule has 0 radical (unpaired) electrons. The molecule has 0 saturated heterocycles. The maximum atomic E-state index is 12.0. The van der Waals surface area contributed by atoms with Gasteiger partial charge in [-0.15, -0.1) is 0 Å². The first-order chi connectivity index (χ1) is 11.3. The number of nitrogens with zero attached hydrogens (tertiary/aromatic N) is 1. The van der Waals surface area contributed by atoms with Gasteiger partial charge in [-0.05, 0) is 36.8 Å². The van der Waals surface area contributed by atoms with Crippen molar-refractivity contribution in [3.05, 3.63) is 62.1 Å². The Kier molecular flexibility index (Phi) is 5.38. The summed E-state index contributed by atoms with van der Waals surface area (Å²) in [7, 11) is 0. The number of hydrogen-bond donors (Lipinski definition) is 2. The first-order valence-corrected chi connectivity index (χ1v) is 7.36. The molecule has 0 spiro atoms. The number of nitrogens with one attached hydrogen (secondary N) is 2. The van der Waals surface area contributed by atoms with E-state index in [-0.39, 0.29) is 16.4 Å². The molecular formula is C15H11Cl2N3O4. The summed E-state index contributed by atoms with van der Waals surface area (Å²) >= 11 is 11.7. The van der Waals surface area contributed by atoms with Gasteiger partial charge in [0.2, 0.25) is 0 Å². The summed E-state index contributed by atoms with van der Waals surface area (Å²) < 4.78 is 0. The van der Waals surface area contributed by atoms with Crippen LogP contribution in [0.5, 0.6) is 0 Å². The summed E-state index contributed by atoms with van der Waals surface area (Å²) in [5, 5.41) is 16.0. The van der Waals surface area contributed by atoms with Crippen LogP contribution in [0.2, 0.25) is 10.0 Å². The fourth-order valence-corrected chi connectivity index (χ4v) is 2.24. The number of nitro benzene ring substituents is 1. The number of hydrogen-bond acceptors (Lipinski definition) is 4. The van der Waals surface area contributed by atoms with Gasteiger partial charge in [-0.2, -0.15) is 0 Å². The molecule has 0 fully saturated rings. The quantitative estimate of drug-likeness (QED) is 0.489. The van der Waals surface area contributed by atoms with Crippen molar-refractivity contribution in [3.63, 3.8) is 0 Å². The van der Waals surface area contributed by atoms with Crippen molar-refractivity contribution < 1.29 is 14.5 Å². The number of rotatable bonds is 3. The van der Waals surface area contributed by atoms with Crippen LogP contribution in [0.1, 0.15) is 5.56 Å². The Hall–Kier alpha value is -2.64. The largest absolute Gasteiger partial charge is 0.318 e. The molecule has 0 aliphatic heterocycles. The average Bonchev–Trinajstić information content (AvgIpc) is 2.51. The first-order valence-electron chi connectivity index (χ1n) is 6.60. The first kappa shape index (κ1) is 17.7. The molecule has 2 N–H and O–H groups in total. The van der Waals surface area contributed by atoms with E-state index in [0.717, 1.165) is 6.07 Å². The number of amides is 2. The third kappa shape index (κ3) is 4.21. The number of carbonyl (C=O) groups is 2. The highest BCUT2D eigenvalue weighted by atomic mass is 35.5. The van der Waals surface area contributed by atoms with E-state index < -0.39 is 16.7 Å². The monoisotopic (exact) mass is 367 g/mol. The molecule has 124 valence electrons. The Bertz CT molecular complexity index is 839. The van der Waals surface area contributed by atoms with Crippen LogP contribution in [0.4, 0.5) is 17.1 Å². The summed E-state index contributed by atoms with van der Waals surface area (Å²) in [6, 6.07) is 8.28. The molecule has 0 bridgehead atoms. The average molecular weight is 368 g/mol. The standard InChI is InChI=1S/C15H11Cl2N3O4/c1-8-6-9(16)2-5-12(8)18-14(21)15(22)19-13-7-10(20(23)24)3-4-11(13)17/h2-7H,1H3,(H,18,21)(H,19,22). The highest BCUT2D eigenvalue weighted by molar-refractivity contribution is 6.45. The Balaban J connectivity index is 2.13. The fourth-order valence-electron chi connectivity index (χ4n) is 1.85. The Morgan fingerprint density at radius 1 is 1.00 bits per heavy atom. The molecule has 0 aliphatic rings. The summed E-state index contributed by atoms with van der Waals surface area (Å²) in [5.41, 5.74) is 0.809. The minimum Gasteiger partial charge on any atom is -0.318 e. The molecule has 24 heavy (non-hydrogen) atoms. The lowest BCUT2D eigenvalue weighted by molar-refractivity contribution is -0.384. The van der Waals surface area contributed by atoms with Gasteiger partial charge in [0.25, 0.3) is 5.69 Å². The molecular weight excluding hydrogens is 357 g/mol. The second-order valence-corrected chi connectivity index (χ2v) is 5.63. The van der Waals surface area contributed by atoms with Crippen molar-refractivity contribution in [1.82, 2.24) is 0 Å². The summed E-state index contributed by atoms with van der Waals surface area (Å²) in [6.45, 7) is 1.72. The summed E-state index contributed by atoms with van der Waals surface area (Å²) in [4.78, 5) is 34.0. The van der Waals surface area contributed by atoms with Crippen LogP contribution in [-0.4, -0.2) is 16.7 Å². The smallest absolute Gasteiger partial charge is 0.314 e. The van der Waals surface area contributed by atoms with Gasteiger partial charge < -0.3 is 10.6 Å². The van der Waals surface area contributed by atoms with Crippen molar-refractivity contribution in [2.24, 2.45) is 0 Å². The predicted octanol–water partition coefficient (Wildman–Crippen LogP) is 3.79. The van der Waals surface area contributed by atoms with Gasteiger partial charge in [0.15, 0.2) is 0 Å². The highest BCUT2D eigenvalue weighted by Gasteiger charge is 2.18. The lowest BCUT2D eigenvalue weighted by atomic mass is 10.2. The van der Waals surface area contributed by atoms with Crippen LogP contribution in [0.15, 0.2) is 36.4 Å². The maximum Gasteiger partial charge on any atom is 0.314 e. The second kappa shape index (κ2) is 7.29. The van der Waals surface area contributed by atoms with Crippen molar-refractivity contribution in [3.8, 4) is 0 Å². The van der Waals surface area contributed by atoms with E-state index in [2.05, 4.69) is 10.6 Å². The molecule has 0 saturated carbocycles. The predicted molar refractivity (Wildman–Crippen MR) is 91.6 cm³/mol. The molecule has 9 heteroatoms. The summed E-state index contributed by atoms with van der Waals surface area (Å²) in [5.74, 6) is -1.95. The van der Waals surface area contributed by atoms with Gasteiger partial charge in [-0.25, -0.2) is 0 Å². The van der Waals surface area contributed by atoms with E-state index in [1.165, 1.54) is 12.1 Å². The van der Waals surface area contributed by atoms with Crippen LogP contribution < -0.4 is 10.6 Å². The van der Waals surface area contributed by atoms with E-state index in [4.69, 9.17) is 23.2 Å². The van der Waals surface area contributed by atoms with Gasteiger partial charge in [0, 0.05) is 22.8 Å². The van der Waals surface area contributed by atoms with E-state index in [0.29, 0.717) is 16.3 Å². The van der Waals surface area contributed by atoms with Crippen LogP contribution in [0.25, 0.3) is 0 Å². The number of aryl methyl sites for hydroxylation is 1. The number of benzene rings is 2. The third-order valence-corrected chi connectivity index (χ3v) is 3.62. The van der Waals surface area contributed by atoms with Gasteiger partial charge >= 0.3 is 11.8 Å². The number of non-ortho nitro benzene ring substituents is 1. The van der Waals surface area contributed by atoms with Gasteiger partial charge in [0.1, 0.15) is 0 Å². The van der Waals surface area contributed by atoms with Crippen LogP contribution in [0.3, 0.4) is 0 Å². The van der Waals surface area contributed by atoms with E-state index in [1.54, 1.807) is 25.1 Å². The van der Waals surface area contributed by atoms with E-state index in [9.17, 15) is 19.7 Å². The van der Waals surface area contributed by atoms with Gasteiger partial charge in [-0.1, -0.05) is 23.2 Å². The van der Waals surface area contributed by atoms with Crippen molar-refractivity contribution >= 4 is 52.1 Å². The molecule has 7 nitrogen and oxygen atoms in total. The Morgan fingerprint density at radius 2 is 1.62 bits per heavy atom. The lowest BCUT2D eigenvalue weighted by Crippen LogP contribution is -2.29. The zero-order valence-corrected chi connectivity index (χ0v) is 13.8. The number of carbonyl (C=O) groups excluding carboxylic acids is 2. The molecule has 2 amide bonds. The van der Waals surface area contributed by atoms with E-state index in [1.807, 2.05) is 0 Å². The molecule has 0 unspecified atom stereocenters. The Labute approximate surface area is 146 Å². The van der Waals surface area contributed by atoms with Crippen molar-refractivity contribution in [2.45, 2.75) is 6.92 Å². The maximum absolute atomic E-state index is 12.0. The minimum absolute atomic E-state index is 0.0288. The zero-order valence-electron chi connectivity index (χ0n) is 12.3. The van der Waals surface area contributed by atoms with Crippen molar-refractivity contribution in [2.75, 3.05) is 10.6 Å². The van der Waals surface area contributed by atoms with Gasteiger partial charge in [0.05, 0.1) is 15.6 Å². The van der Waals surface area contributed by atoms with Crippen LogP contribution in [0, 0.1) is 17.0 Å². The third-order valence-electron chi connectivity index (χ3n) is 3.05. The van der Waals surface area contributed by atoms with Gasteiger partial charge in [-0.3, -0.25) is 19.7 Å². The number of halogens is 2. The molecule has 2 aromatic carbocycles. The normalized spacial score (nSPS) is 10.1. The lowest BCUT2D eigenvalue weighted by Gasteiger charge is -2.10. The molecule has 0 atom stereocenters. The fraction of sp³-hybridized carbons (Fsp3) is 0.0667. The minimum atomic E-state index is -1.01. The van der Waals surface area contributed by atoms with Crippen LogP contribution >= 0.6 is 23.2 Å². The zero-order chi connectivity index (χ0) is 17.9. The van der Waals surface area contributed by atoms with Crippen LogP contribution in [-0.2, 0) is 9.59 Å². The molecule has 0 heterocycles. The Morgan fingerprint density at radius 3 is 2.21 bits per heavy atom. The van der Waals surface area contributed by atoms with E-state index >= 15 is 0 Å². The molecule has 0 aromatic heterocycles. The number of nitro groups is 1. The number of anilines is 2. The topological polar surface area (TPSA) is 101 Å².